The zero-order valence-corrected chi connectivity index (χ0v) is 7.32. The second kappa shape index (κ2) is 2.83. The van der Waals surface area contributed by atoms with Gasteiger partial charge in [-0.1, -0.05) is 6.92 Å². The molecule has 0 atom stereocenters. The molecule has 0 aliphatic heterocycles. The molecule has 6 heteroatoms. The summed E-state index contributed by atoms with van der Waals surface area (Å²) in [6, 6.07) is 0. The molecule has 1 aromatic heterocycles. The van der Waals surface area contributed by atoms with Crippen LogP contribution in [0.4, 0.5) is 0 Å². The Kier molecular flexibility index (Phi) is 2.20. The van der Waals surface area contributed by atoms with Crippen LogP contribution < -0.4 is 0 Å². The molecule has 0 unspecified atom stereocenters. The van der Waals surface area contributed by atoms with Crippen molar-refractivity contribution in [1.29, 1.82) is 0 Å². The van der Waals surface area contributed by atoms with Gasteiger partial charge in [0, 0.05) is 17.1 Å². The van der Waals surface area contributed by atoms with Gasteiger partial charge in [-0.2, -0.15) is 0 Å². The molecule has 0 spiro atoms. The number of nitrogens with zero attached hydrogens (tertiary/aromatic N) is 1. The minimum Gasteiger partial charge on any atom is -0.448 e. The summed E-state index contributed by atoms with van der Waals surface area (Å²) in [4.78, 5) is 3.61. The SMILES string of the molecule is CCc1nc(S(=O)(=O)Cl)co1. The van der Waals surface area contributed by atoms with Gasteiger partial charge in [0.15, 0.2) is 5.89 Å². The minimum atomic E-state index is -3.72. The van der Waals surface area contributed by atoms with E-state index in [-0.39, 0.29) is 5.03 Å². The third-order valence-electron chi connectivity index (χ3n) is 1.08. The summed E-state index contributed by atoms with van der Waals surface area (Å²) < 4.78 is 26.0. The van der Waals surface area contributed by atoms with Gasteiger partial charge in [0.1, 0.15) is 6.26 Å². The summed E-state index contributed by atoms with van der Waals surface area (Å²) in [7, 11) is 1.25. The largest absolute Gasteiger partial charge is 0.448 e. The fourth-order valence-corrected chi connectivity index (χ4v) is 1.15. The van der Waals surface area contributed by atoms with Crippen LogP contribution in [0.25, 0.3) is 0 Å². The zero-order chi connectivity index (χ0) is 8.48. The van der Waals surface area contributed by atoms with Crippen LogP contribution in [0.3, 0.4) is 0 Å². The van der Waals surface area contributed by atoms with Crippen LogP contribution in [-0.2, 0) is 15.5 Å². The van der Waals surface area contributed by atoms with Gasteiger partial charge in [-0.3, -0.25) is 0 Å². The van der Waals surface area contributed by atoms with Gasteiger partial charge >= 0.3 is 0 Å². The molecular formula is C5H6ClNO3S. The highest BCUT2D eigenvalue weighted by Crippen LogP contribution is 2.13. The Bertz CT molecular complexity index is 342. The lowest BCUT2D eigenvalue weighted by Crippen LogP contribution is -1.90. The molecule has 11 heavy (non-hydrogen) atoms. The van der Waals surface area contributed by atoms with Gasteiger partial charge in [0.05, 0.1) is 0 Å². The van der Waals surface area contributed by atoms with Crippen molar-refractivity contribution < 1.29 is 12.8 Å². The predicted molar refractivity (Wildman–Crippen MR) is 38.9 cm³/mol. The first-order valence-electron chi connectivity index (χ1n) is 2.93. The zero-order valence-electron chi connectivity index (χ0n) is 5.74. The average Bonchev–Trinajstić information content (AvgIpc) is 2.32. The summed E-state index contributed by atoms with van der Waals surface area (Å²) in [5.74, 6) is 0.365. The van der Waals surface area contributed by atoms with Crippen molar-refractivity contribution in [1.82, 2.24) is 4.98 Å². The van der Waals surface area contributed by atoms with E-state index < -0.39 is 9.05 Å². The lowest BCUT2D eigenvalue weighted by Gasteiger charge is -1.82. The molecule has 0 saturated carbocycles. The molecule has 0 aliphatic carbocycles. The van der Waals surface area contributed by atoms with Gasteiger partial charge < -0.3 is 4.42 Å². The van der Waals surface area contributed by atoms with Crippen molar-refractivity contribution in [2.75, 3.05) is 0 Å². The Labute approximate surface area is 68.6 Å². The molecule has 1 aromatic rings. The predicted octanol–water partition coefficient (Wildman–Crippen LogP) is 1.16. The second-order valence-corrected chi connectivity index (χ2v) is 4.38. The van der Waals surface area contributed by atoms with E-state index in [1.165, 1.54) is 0 Å². The van der Waals surface area contributed by atoms with E-state index in [4.69, 9.17) is 15.1 Å². The van der Waals surface area contributed by atoms with Crippen molar-refractivity contribution in [3.63, 3.8) is 0 Å². The van der Waals surface area contributed by atoms with E-state index in [1.54, 1.807) is 6.92 Å². The van der Waals surface area contributed by atoms with Crippen molar-refractivity contribution >= 4 is 19.7 Å². The van der Waals surface area contributed by atoms with Crippen LogP contribution in [-0.4, -0.2) is 13.4 Å². The summed E-state index contributed by atoms with van der Waals surface area (Å²) in [6.45, 7) is 1.80. The molecule has 4 nitrogen and oxygen atoms in total. The highest BCUT2D eigenvalue weighted by Gasteiger charge is 2.14. The highest BCUT2D eigenvalue weighted by atomic mass is 35.7. The van der Waals surface area contributed by atoms with Crippen LogP contribution in [0.5, 0.6) is 0 Å². The normalized spacial score (nSPS) is 11.8. The quantitative estimate of drug-likeness (QED) is 0.665. The van der Waals surface area contributed by atoms with Gasteiger partial charge in [0.25, 0.3) is 9.05 Å². The highest BCUT2D eigenvalue weighted by molar-refractivity contribution is 8.13. The number of aryl methyl sites for hydroxylation is 1. The Morgan fingerprint density at radius 2 is 2.36 bits per heavy atom. The topological polar surface area (TPSA) is 60.2 Å². The first-order chi connectivity index (χ1) is 5.04. The lowest BCUT2D eigenvalue weighted by molar-refractivity contribution is 0.500. The average molecular weight is 196 g/mol. The maximum atomic E-state index is 10.6. The first kappa shape index (κ1) is 8.55. The van der Waals surface area contributed by atoms with Gasteiger partial charge in [-0.15, -0.1) is 0 Å². The standard InChI is InChI=1S/C5H6ClNO3S/c1-2-4-7-5(3-10-4)11(6,8)9/h3H,2H2,1H3. The number of halogens is 1. The molecule has 0 amide bonds. The number of hydrogen-bond acceptors (Lipinski definition) is 4. The Morgan fingerprint density at radius 1 is 1.73 bits per heavy atom. The number of hydrogen-bond donors (Lipinski definition) is 0. The molecule has 1 heterocycles. The van der Waals surface area contributed by atoms with E-state index in [2.05, 4.69) is 4.98 Å². The molecule has 0 saturated heterocycles. The van der Waals surface area contributed by atoms with Crippen LogP contribution in [0, 0.1) is 0 Å². The fraction of sp³-hybridized carbons (Fsp3) is 0.400. The molecule has 0 radical (unpaired) electrons. The maximum absolute atomic E-state index is 10.6. The summed E-state index contributed by atoms with van der Waals surface area (Å²) in [5.41, 5.74) is 0. The first-order valence-corrected chi connectivity index (χ1v) is 5.24. The van der Waals surface area contributed by atoms with Crippen molar-refractivity contribution in [3.8, 4) is 0 Å². The molecule has 0 fully saturated rings. The third kappa shape index (κ3) is 1.94. The number of oxazole rings is 1. The fourth-order valence-electron chi connectivity index (χ4n) is 0.568. The van der Waals surface area contributed by atoms with Crippen molar-refractivity contribution in [2.24, 2.45) is 0 Å². The Balaban J connectivity index is 3.09. The molecule has 0 bridgehead atoms. The molecule has 1 rings (SSSR count). The Hall–Kier alpha value is -0.550. The van der Waals surface area contributed by atoms with E-state index in [9.17, 15) is 8.42 Å². The molecular weight excluding hydrogens is 190 g/mol. The van der Waals surface area contributed by atoms with E-state index >= 15 is 0 Å². The molecule has 0 aliphatic rings. The van der Waals surface area contributed by atoms with Crippen LogP contribution >= 0.6 is 10.7 Å². The monoisotopic (exact) mass is 195 g/mol. The smallest absolute Gasteiger partial charge is 0.281 e. The van der Waals surface area contributed by atoms with E-state index in [0.717, 1.165) is 6.26 Å². The number of aromatic nitrogens is 1. The van der Waals surface area contributed by atoms with Crippen LogP contribution in [0.15, 0.2) is 15.7 Å². The second-order valence-electron chi connectivity index (χ2n) is 1.87. The van der Waals surface area contributed by atoms with Crippen molar-refractivity contribution in [2.45, 2.75) is 18.4 Å². The summed E-state index contributed by atoms with van der Waals surface area (Å²) in [5, 5.41) is -0.226. The summed E-state index contributed by atoms with van der Waals surface area (Å²) in [6.07, 6.45) is 1.58. The minimum absolute atomic E-state index is 0.226. The van der Waals surface area contributed by atoms with Crippen LogP contribution in [0.2, 0.25) is 0 Å². The van der Waals surface area contributed by atoms with Gasteiger partial charge in [-0.05, 0) is 0 Å². The Morgan fingerprint density at radius 3 is 2.64 bits per heavy atom. The maximum Gasteiger partial charge on any atom is 0.281 e. The summed E-state index contributed by atoms with van der Waals surface area (Å²) >= 11 is 0. The number of rotatable bonds is 2. The van der Waals surface area contributed by atoms with Gasteiger partial charge in [0.2, 0.25) is 5.03 Å². The molecule has 62 valence electrons. The van der Waals surface area contributed by atoms with E-state index in [1.807, 2.05) is 0 Å². The van der Waals surface area contributed by atoms with Crippen LogP contribution in [0.1, 0.15) is 12.8 Å². The molecule has 0 N–H and O–H groups in total. The third-order valence-corrected chi connectivity index (χ3v) is 2.24. The molecule has 0 aromatic carbocycles. The van der Waals surface area contributed by atoms with Crippen molar-refractivity contribution in [3.05, 3.63) is 12.2 Å². The lowest BCUT2D eigenvalue weighted by atomic mass is 10.5. The van der Waals surface area contributed by atoms with Gasteiger partial charge in [-0.25, -0.2) is 13.4 Å². The van der Waals surface area contributed by atoms with E-state index in [0.29, 0.717) is 12.3 Å².